The van der Waals surface area contributed by atoms with Crippen molar-refractivity contribution in [3.63, 3.8) is 0 Å². The van der Waals surface area contributed by atoms with Gasteiger partial charge in [0.1, 0.15) is 0 Å². The van der Waals surface area contributed by atoms with Gasteiger partial charge in [-0.05, 0) is 0 Å². The standard InChI is InChI=1S/2ClHO3.Zn/c2*2-1(3)4;/h2*2H;. The molecule has 6 nitrogen and oxygen atoms in total. The number of halogens is 2. The number of hydrogen-bond acceptors (Lipinski definition) is 6. The number of rotatable bonds is 0. The van der Waals surface area contributed by atoms with Gasteiger partial charge >= 0.3 is 0 Å². The summed E-state index contributed by atoms with van der Waals surface area (Å²) in [5.74, 6) is 0. The van der Waals surface area contributed by atoms with E-state index >= 15 is 0 Å². The van der Waals surface area contributed by atoms with Crippen LogP contribution < -0.4 is 18.6 Å². The molecule has 0 bridgehead atoms. The van der Waals surface area contributed by atoms with Crippen molar-refractivity contribution in [3.05, 3.63) is 0 Å². The van der Waals surface area contributed by atoms with Crippen LogP contribution in [0.4, 0.5) is 0 Å². The molecule has 0 saturated carbocycles. The van der Waals surface area contributed by atoms with E-state index in [4.69, 9.17) is 28.0 Å². The molecule has 9 heteroatoms. The van der Waals surface area contributed by atoms with Crippen molar-refractivity contribution in [2.45, 2.75) is 0 Å². The zero-order valence-electron chi connectivity index (χ0n) is 3.99. The van der Waals surface area contributed by atoms with Gasteiger partial charge in [0.15, 0.2) is 0 Å². The third-order valence-corrected chi connectivity index (χ3v) is 0. The SMILES string of the molecule is [O-][Cl+2]([O-])O.[O-][Cl+2]([O-])O.[Zn]. The summed E-state index contributed by atoms with van der Waals surface area (Å²) in [6, 6.07) is 0. The molecule has 0 atom stereocenters. The van der Waals surface area contributed by atoms with Crippen molar-refractivity contribution < 1.29 is 69.0 Å². The van der Waals surface area contributed by atoms with Crippen LogP contribution >= 0.6 is 0 Å². The molecule has 0 radical (unpaired) electrons. The first-order valence-corrected chi connectivity index (χ1v) is 2.87. The molecular weight excluding hydrogens is 232 g/mol. The van der Waals surface area contributed by atoms with Crippen LogP contribution in [0.1, 0.15) is 0 Å². The Morgan fingerprint density at radius 3 is 0.778 bits per heavy atom. The van der Waals surface area contributed by atoms with Crippen LogP contribution in [0.15, 0.2) is 0 Å². The normalized spacial score (nSPS) is 8.00. The van der Waals surface area contributed by atoms with E-state index in [1.54, 1.807) is 0 Å². The van der Waals surface area contributed by atoms with Gasteiger partial charge < -0.3 is 18.6 Å². The fourth-order valence-corrected chi connectivity index (χ4v) is 0. The van der Waals surface area contributed by atoms with Gasteiger partial charge in [0.25, 0.3) is 21.6 Å². The van der Waals surface area contributed by atoms with E-state index in [2.05, 4.69) is 0 Å². The molecule has 0 aromatic rings. The number of hydrogen-bond donors (Lipinski definition) is 2. The third-order valence-electron chi connectivity index (χ3n) is 0. The van der Waals surface area contributed by atoms with Gasteiger partial charge in [0.2, 0.25) is 0 Å². The van der Waals surface area contributed by atoms with E-state index in [1.807, 2.05) is 0 Å². The Hall–Kier alpha value is 0.963. The fourth-order valence-electron chi connectivity index (χ4n) is 0. The van der Waals surface area contributed by atoms with Crippen molar-refractivity contribution >= 4 is 0 Å². The van der Waals surface area contributed by atoms with E-state index in [0.717, 1.165) is 0 Å². The maximum atomic E-state index is 8.52. The van der Waals surface area contributed by atoms with E-state index < -0.39 is 21.6 Å². The van der Waals surface area contributed by atoms with E-state index in [0.29, 0.717) is 0 Å². The van der Waals surface area contributed by atoms with Crippen molar-refractivity contribution in [2.24, 2.45) is 0 Å². The summed E-state index contributed by atoms with van der Waals surface area (Å²) in [6.45, 7) is 0. The Morgan fingerprint density at radius 1 is 0.778 bits per heavy atom. The molecule has 0 heterocycles. The van der Waals surface area contributed by atoms with Crippen molar-refractivity contribution in [2.75, 3.05) is 0 Å². The smallest absolute Gasteiger partial charge is 0.282 e. The molecule has 0 aliphatic heterocycles. The topological polar surface area (TPSA) is 133 Å². The van der Waals surface area contributed by atoms with Crippen LogP contribution in [0.25, 0.3) is 0 Å². The fraction of sp³-hybridized carbons (Fsp3) is 0. The summed E-state index contributed by atoms with van der Waals surface area (Å²) >= 11 is 0. The monoisotopic (exact) mass is 232 g/mol. The molecule has 0 unspecified atom stereocenters. The van der Waals surface area contributed by atoms with Crippen molar-refractivity contribution in [1.82, 2.24) is 0 Å². The predicted octanol–water partition coefficient (Wildman–Crippen LogP) is -5.87. The molecule has 0 amide bonds. The van der Waals surface area contributed by atoms with Crippen LogP contribution in [-0.2, 0) is 19.5 Å². The summed E-state index contributed by atoms with van der Waals surface area (Å²) < 4.78 is 47.9. The quantitative estimate of drug-likeness (QED) is 0.401. The van der Waals surface area contributed by atoms with Crippen LogP contribution in [-0.4, -0.2) is 9.32 Å². The Bertz CT molecular complexity index is 26.5. The van der Waals surface area contributed by atoms with Gasteiger partial charge in [-0.15, -0.1) is 0 Å². The molecule has 2 N–H and O–H groups in total. The van der Waals surface area contributed by atoms with Crippen LogP contribution in [0.5, 0.6) is 0 Å². The largest absolute Gasteiger partial charge is 0.321 e. The Morgan fingerprint density at radius 2 is 0.778 bits per heavy atom. The molecule has 0 fully saturated rings. The van der Waals surface area contributed by atoms with Gasteiger partial charge in [0.05, 0.1) is 0 Å². The first-order valence-electron chi connectivity index (χ1n) is 0.955. The summed E-state index contributed by atoms with van der Waals surface area (Å²) in [6.07, 6.45) is 0. The molecule has 0 aliphatic rings. The maximum Gasteiger partial charge on any atom is 0.282 e. The van der Waals surface area contributed by atoms with Crippen molar-refractivity contribution in [3.8, 4) is 0 Å². The first-order chi connectivity index (χ1) is 3.46. The molecule has 0 aromatic heterocycles. The molecule has 54 valence electrons. The second-order valence-corrected chi connectivity index (χ2v) is 1.21. The zero-order chi connectivity index (χ0) is 7.15. The van der Waals surface area contributed by atoms with Crippen LogP contribution in [0.3, 0.4) is 0 Å². The molecule has 0 aliphatic carbocycles. The van der Waals surface area contributed by atoms with Gasteiger partial charge in [-0.2, -0.15) is 0 Å². The van der Waals surface area contributed by atoms with Crippen LogP contribution in [0, 0.1) is 21.6 Å². The summed E-state index contributed by atoms with van der Waals surface area (Å²) in [7, 11) is -5.20. The minimum atomic E-state index is -2.60. The van der Waals surface area contributed by atoms with E-state index in [9.17, 15) is 0 Å². The second kappa shape index (κ2) is 11.7. The summed E-state index contributed by atoms with van der Waals surface area (Å²) in [5.41, 5.74) is 0. The Kier molecular flexibility index (Phi) is 21.5. The Labute approximate surface area is 69.3 Å². The van der Waals surface area contributed by atoms with Gasteiger partial charge in [-0.25, -0.2) is 0 Å². The van der Waals surface area contributed by atoms with E-state index in [1.165, 1.54) is 0 Å². The molecule has 0 rings (SSSR count). The van der Waals surface area contributed by atoms with Gasteiger partial charge in [0, 0.05) is 28.8 Å². The minimum Gasteiger partial charge on any atom is -0.321 e. The molecule has 9 heavy (non-hydrogen) atoms. The second-order valence-electron chi connectivity index (χ2n) is 0.402. The zero-order valence-corrected chi connectivity index (χ0v) is 8.47. The molecular formula is H2Cl2O6Zn. The molecule has 0 spiro atoms. The maximum absolute atomic E-state index is 8.52. The average Bonchev–Trinajstić information content (AvgIpc) is 1.25. The summed E-state index contributed by atoms with van der Waals surface area (Å²) in [4.78, 5) is 0. The molecule has 0 aromatic carbocycles. The summed E-state index contributed by atoms with van der Waals surface area (Å²) in [5, 5.41) is 0. The molecule has 0 saturated heterocycles. The third kappa shape index (κ3) is 468. The minimum absolute atomic E-state index is 0. The Balaban J connectivity index is -0.0000000720. The van der Waals surface area contributed by atoms with Crippen molar-refractivity contribution in [1.29, 1.82) is 0 Å². The first kappa shape index (κ1) is 16.5. The average molecular weight is 234 g/mol. The predicted molar refractivity (Wildman–Crippen MR) is 4.44 cm³/mol. The van der Waals surface area contributed by atoms with Gasteiger partial charge in [-0.3, -0.25) is 0 Å². The van der Waals surface area contributed by atoms with E-state index in [-0.39, 0.29) is 19.5 Å². The van der Waals surface area contributed by atoms with Gasteiger partial charge in [-0.1, -0.05) is 0 Å². The van der Waals surface area contributed by atoms with Crippen LogP contribution in [0.2, 0.25) is 0 Å².